The van der Waals surface area contributed by atoms with Crippen LogP contribution < -0.4 is 4.74 Å². The summed E-state index contributed by atoms with van der Waals surface area (Å²) in [6.07, 6.45) is 4.51. The predicted molar refractivity (Wildman–Crippen MR) is 115 cm³/mol. The lowest BCUT2D eigenvalue weighted by molar-refractivity contribution is 0.0600. The molecule has 1 aliphatic rings. The van der Waals surface area contributed by atoms with Crippen LogP contribution in [0.4, 0.5) is 0 Å². The first-order valence-electron chi connectivity index (χ1n) is 10.3. The number of carbonyl (C=O) groups excluding carboxylic acids is 1. The second-order valence-electron chi connectivity index (χ2n) is 7.44. The Hall–Kier alpha value is -3.07. The molecule has 1 aliphatic carbocycles. The van der Waals surface area contributed by atoms with E-state index in [1.54, 1.807) is 12.1 Å². The molecule has 148 valence electrons. The molecule has 0 spiro atoms. The van der Waals surface area contributed by atoms with Crippen LogP contribution in [0.2, 0.25) is 0 Å². The molecule has 0 amide bonds. The van der Waals surface area contributed by atoms with Crippen LogP contribution in [0.15, 0.2) is 72.8 Å². The Morgan fingerprint density at radius 2 is 1.41 bits per heavy atom. The fraction of sp³-hybridized carbons (Fsp3) is 0.269. The lowest BCUT2D eigenvalue weighted by Gasteiger charge is -2.13. The van der Waals surface area contributed by atoms with Crippen molar-refractivity contribution in [1.29, 1.82) is 0 Å². The van der Waals surface area contributed by atoms with Gasteiger partial charge >= 0.3 is 5.97 Å². The molecule has 4 rings (SSSR count). The molecule has 3 aromatic rings. The molecular weight excluding hydrogens is 360 g/mol. The Labute approximate surface area is 172 Å². The Morgan fingerprint density at radius 1 is 0.793 bits per heavy atom. The molecule has 29 heavy (non-hydrogen) atoms. The third-order valence-corrected chi connectivity index (χ3v) is 5.64. The topological polar surface area (TPSA) is 35.5 Å². The van der Waals surface area contributed by atoms with E-state index in [4.69, 9.17) is 9.47 Å². The average molecular weight is 386 g/mol. The van der Waals surface area contributed by atoms with E-state index in [1.807, 2.05) is 12.1 Å². The molecule has 3 nitrogen and oxygen atoms in total. The first-order chi connectivity index (χ1) is 14.3. The highest BCUT2D eigenvalue weighted by Gasteiger charge is 2.27. The summed E-state index contributed by atoms with van der Waals surface area (Å²) in [4.78, 5) is 11.5. The third kappa shape index (κ3) is 4.19. The number of fused-ring (bicyclic) bond motifs is 3. The lowest BCUT2D eigenvalue weighted by Crippen LogP contribution is -2.02. The molecule has 3 aromatic carbocycles. The fourth-order valence-corrected chi connectivity index (χ4v) is 4.19. The maximum Gasteiger partial charge on any atom is 0.337 e. The Kier molecular flexibility index (Phi) is 5.95. The van der Waals surface area contributed by atoms with Crippen molar-refractivity contribution in [1.82, 2.24) is 0 Å². The monoisotopic (exact) mass is 386 g/mol. The van der Waals surface area contributed by atoms with Gasteiger partial charge in [-0.3, -0.25) is 0 Å². The number of benzene rings is 3. The standard InChI is InChI=1S/C26H26O3/c1-28-26(27)19-14-16-20(17-15-19)29-18-8-2-3-9-21-22-10-4-6-12-24(22)25-13-7-5-11-23(21)25/h4-7,10-17,21H,2-3,8-9,18H2,1H3. The minimum absolute atomic E-state index is 0.327. The number of ether oxygens (including phenoxy) is 2. The van der Waals surface area contributed by atoms with E-state index >= 15 is 0 Å². The van der Waals surface area contributed by atoms with Crippen molar-refractivity contribution in [3.63, 3.8) is 0 Å². The van der Waals surface area contributed by atoms with Gasteiger partial charge in [-0.25, -0.2) is 4.79 Å². The van der Waals surface area contributed by atoms with Crippen LogP contribution >= 0.6 is 0 Å². The molecule has 0 atom stereocenters. The number of hydrogen-bond donors (Lipinski definition) is 0. The third-order valence-electron chi connectivity index (χ3n) is 5.64. The zero-order chi connectivity index (χ0) is 20.1. The second kappa shape index (κ2) is 8.95. The SMILES string of the molecule is COC(=O)c1ccc(OCCCCCC2c3ccccc3-c3ccccc32)cc1. The number of hydrogen-bond acceptors (Lipinski definition) is 3. The Balaban J connectivity index is 1.25. The average Bonchev–Trinajstić information content (AvgIpc) is 3.10. The van der Waals surface area contributed by atoms with Gasteiger partial charge in [0, 0.05) is 5.92 Å². The summed E-state index contributed by atoms with van der Waals surface area (Å²) in [5.74, 6) is 0.970. The van der Waals surface area contributed by atoms with Gasteiger partial charge < -0.3 is 9.47 Å². The first-order valence-corrected chi connectivity index (χ1v) is 10.3. The van der Waals surface area contributed by atoms with E-state index in [2.05, 4.69) is 48.5 Å². The van der Waals surface area contributed by atoms with Crippen LogP contribution in [0.1, 0.15) is 53.1 Å². The summed E-state index contributed by atoms with van der Waals surface area (Å²) in [5, 5.41) is 0. The van der Waals surface area contributed by atoms with Crippen molar-refractivity contribution in [3.8, 4) is 16.9 Å². The lowest BCUT2D eigenvalue weighted by atomic mass is 9.91. The van der Waals surface area contributed by atoms with Gasteiger partial charge in [0.1, 0.15) is 5.75 Å². The first kappa shape index (κ1) is 19.3. The highest BCUT2D eigenvalue weighted by Crippen LogP contribution is 2.46. The van der Waals surface area contributed by atoms with Crippen LogP contribution in [0.3, 0.4) is 0 Å². The Morgan fingerprint density at radius 3 is 2.03 bits per heavy atom. The van der Waals surface area contributed by atoms with Crippen molar-refractivity contribution in [2.45, 2.75) is 31.6 Å². The molecule has 0 N–H and O–H groups in total. The zero-order valence-corrected chi connectivity index (χ0v) is 16.8. The minimum atomic E-state index is -0.327. The van der Waals surface area contributed by atoms with Crippen LogP contribution in [0, 0.1) is 0 Å². The molecule has 0 saturated heterocycles. The maximum atomic E-state index is 11.5. The van der Waals surface area contributed by atoms with Crippen molar-refractivity contribution < 1.29 is 14.3 Å². The summed E-state index contributed by atoms with van der Waals surface area (Å²) in [5.41, 5.74) is 6.27. The summed E-state index contributed by atoms with van der Waals surface area (Å²) >= 11 is 0. The van der Waals surface area contributed by atoms with Crippen molar-refractivity contribution in [3.05, 3.63) is 89.5 Å². The zero-order valence-electron chi connectivity index (χ0n) is 16.8. The summed E-state index contributed by atoms with van der Waals surface area (Å²) in [7, 11) is 1.38. The molecular formula is C26H26O3. The normalized spacial score (nSPS) is 12.3. The molecule has 3 heteroatoms. The summed E-state index contributed by atoms with van der Waals surface area (Å²) < 4.78 is 10.5. The van der Waals surface area contributed by atoms with Crippen molar-refractivity contribution in [2.24, 2.45) is 0 Å². The van der Waals surface area contributed by atoms with Gasteiger partial charge in [0.05, 0.1) is 19.3 Å². The number of rotatable bonds is 8. The van der Waals surface area contributed by atoms with Crippen LogP contribution in [-0.4, -0.2) is 19.7 Å². The van der Waals surface area contributed by atoms with Gasteiger partial charge in [-0.15, -0.1) is 0 Å². The van der Waals surface area contributed by atoms with E-state index in [0.29, 0.717) is 18.1 Å². The van der Waals surface area contributed by atoms with E-state index in [0.717, 1.165) is 18.6 Å². The van der Waals surface area contributed by atoms with Crippen molar-refractivity contribution >= 4 is 5.97 Å². The van der Waals surface area contributed by atoms with Gasteiger partial charge in [0.25, 0.3) is 0 Å². The number of carbonyl (C=O) groups is 1. The molecule has 0 bridgehead atoms. The molecule has 0 aromatic heterocycles. The summed E-state index contributed by atoms with van der Waals surface area (Å²) in [6, 6.07) is 24.7. The van der Waals surface area contributed by atoms with Crippen molar-refractivity contribution in [2.75, 3.05) is 13.7 Å². The Bertz CT molecular complexity index is 930. The van der Waals surface area contributed by atoms with Gasteiger partial charge in [0.15, 0.2) is 0 Å². The highest BCUT2D eigenvalue weighted by atomic mass is 16.5. The molecule has 0 fully saturated rings. The highest BCUT2D eigenvalue weighted by molar-refractivity contribution is 5.89. The van der Waals surface area contributed by atoms with Gasteiger partial charge in [-0.05, 0) is 59.4 Å². The quantitative estimate of drug-likeness (QED) is 0.340. The van der Waals surface area contributed by atoms with E-state index < -0.39 is 0 Å². The van der Waals surface area contributed by atoms with E-state index in [1.165, 1.54) is 42.2 Å². The fourth-order valence-electron chi connectivity index (χ4n) is 4.19. The second-order valence-corrected chi connectivity index (χ2v) is 7.44. The number of esters is 1. The smallest absolute Gasteiger partial charge is 0.337 e. The largest absolute Gasteiger partial charge is 0.494 e. The predicted octanol–water partition coefficient (Wildman–Crippen LogP) is 6.22. The maximum absolute atomic E-state index is 11.5. The number of methoxy groups -OCH3 is 1. The van der Waals surface area contributed by atoms with Crippen LogP contribution in [0.25, 0.3) is 11.1 Å². The van der Waals surface area contributed by atoms with Crippen LogP contribution in [0.5, 0.6) is 5.75 Å². The van der Waals surface area contributed by atoms with E-state index in [9.17, 15) is 4.79 Å². The molecule has 0 heterocycles. The van der Waals surface area contributed by atoms with Gasteiger partial charge in [0.2, 0.25) is 0 Å². The van der Waals surface area contributed by atoms with Gasteiger partial charge in [-0.2, -0.15) is 0 Å². The van der Waals surface area contributed by atoms with Crippen LogP contribution in [-0.2, 0) is 4.74 Å². The minimum Gasteiger partial charge on any atom is -0.494 e. The molecule has 0 saturated carbocycles. The molecule has 0 radical (unpaired) electrons. The number of unbranched alkanes of at least 4 members (excludes halogenated alkanes) is 2. The molecule has 0 unspecified atom stereocenters. The summed E-state index contributed by atoms with van der Waals surface area (Å²) in [6.45, 7) is 0.690. The van der Waals surface area contributed by atoms with E-state index in [-0.39, 0.29) is 5.97 Å². The molecule has 0 aliphatic heterocycles. The van der Waals surface area contributed by atoms with Gasteiger partial charge in [-0.1, -0.05) is 61.4 Å².